The summed E-state index contributed by atoms with van der Waals surface area (Å²) in [5, 5.41) is 3.18. The van der Waals surface area contributed by atoms with Gasteiger partial charge in [-0.3, -0.25) is 9.59 Å². The van der Waals surface area contributed by atoms with Crippen LogP contribution in [0.15, 0.2) is 59.8 Å². The van der Waals surface area contributed by atoms with E-state index in [4.69, 9.17) is 4.74 Å². The van der Waals surface area contributed by atoms with E-state index < -0.39 is 0 Å². The molecule has 5 heteroatoms. The van der Waals surface area contributed by atoms with Crippen molar-refractivity contribution in [2.45, 2.75) is 0 Å². The van der Waals surface area contributed by atoms with Gasteiger partial charge in [-0.1, -0.05) is 23.4 Å². The average molecular weight is 269 g/mol. The normalized spacial score (nSPS) is 10.2. The summed E-state index contributed by atoms with van der Waals surface area (Å²) in [6.07, 6.45) is 0.932. The summed E-state index contributed by atoms with van der Waals surface area (Å²) in [4.78, 5) is 25.6. The predicted octanol–water partition coefficient (Wildman–Crippen LogP) is 2.82. The quantitative estimate of drug-likeness (QED) is 0.266. The van der Waals surface area contributed by atoms with Crippen LogP contribution in [0.1, 0.15) is 10.4 Å². The van der Waals surface area contributed by atoms with Gasteiger partial charge in [0.15, 0.2) is 0 Å². The van der Waals surface area contributed by atoms with Crippen molar-refractivity contribution >= 4 is 18.5 Å². The summed E-state index contributed by atoms with van der Waals surface area (Å²) in [6.45, 7) is 0.139. The van der Waals surface area contributed by atoms with Gasteiger partial charge in [-0.05, 0) is 36.4 Å². The zero-order valence-electron chi connectivity index (χ0n) is 10.4. The highest BCUT2D eigenvalue weighted by Crippen LogP contribution is 2.21. The third kappa shape index (κ3) is 3.78. The topological polar surface area (TPSA) is 65.0 Å². The zero-order chi connectivity index (χ0) is 14.2. The highest BCUT2D eigenvalue weighted by atomic mass is 16.7. The molecule has 0 unspecified atom stereocenters. The number of hydrogen-bond acceptors (Lipinski definition) is 5. The third-order valence-electron chi connectivity index (χ3n) is 2.39. The lowest BCUT2D eigenvalue weighted by molar-refractivity contribution is -0.128. The fraction of sp³-hybridized carbons (Fsp3) is 0. The molecule has 0 N–H and O–H groups in total. The Hall–Kier alpha value is -2.95. The second-order valence-corrected chi connectivity index (χ2v) is 3.74. The molecule has 20 heavy (non-hydrogen) atoms. The molecule has 0 radical (unpaired) electrons. The van der Waals surface area contributed by atoms with E-state index in [-0.39, 0.29) is 12.3 Å². The molecule has 0 aliphatic heterocycles. The van der Waals surface area contributed by atoms with Gasteiger partial charge in [0, 0.05) is 5.56 Å². The minimum absolute atomic E-state index is 0.139. The Morgan fingerprint density at radius 1 is 0.950 bits per heavy atom. The van der Waals surface area contributed by atoms with Gasteiger partial charge < -0.3 is 9.57 Å². The maximum absolute atomic E-state index is 11.6. The third-order valence-corrected chi connectivity index (χ3v) is 2.39. The largest absolute Gasteiger partial charge is 0.457 e. The van der Waals surface area contributed by atoms with Gasteiger partial charge in [0.2, 0.25) is 5.78 Å². The van der Waals surface area contributed by atoms with Crippen molar-refractivity contribution in [2.75, 3.05) is 0 Å². The Bertz CT molecular complexity index is 606. The average Bonchev–Trinajstić information content (AvgIpc) is 2.49. The molecule has 0 amide bonds. The van der Waals surface area contributed by atoms with E-state index in [0.717, 1.165) is 6.21 Å². The fourth-order valence-electron chi connectivity index (χ4n) is 1.49. The summed E-state index contributed by atoms with van der Waals surface area (Å²) in [5.74, 6) is 0.972. The Morgan fingerprint density at radius 3 is 2.25 bits per heavy atom. The van der Waals surface area contributed by atoms with Gasteiger partial charge in [-0.25, -0.2) is 0 Å². The number of ether oxygens (including phenoxy) is 1. The predicted molar refractivity (Wildman–Crippen MR) is 72.9 cm³/mol. The lowest BCUT2D eigenvalue weighted by Crippen LogP contribution is -2.00. The SMILES string of the molecule is O=CO/N=C/C(=O)c1ccc(Oc2ccccc2)cc1. The maximum Gasteiger partial charge on any atom is 0.323 e. The van der Waals surface area contributed by atoms with Crippen LogP contribution in [0, 0.1) is 0 Å². The number of carbonyl (C=O) groups excluding carboxylic acids is 2. The van der Waals surface area contributed by atoms with Gasteiger partial charge in [-0.15, -0.1) is 0 Å². The highest BCUT2D eigenvalue weighted by Gasteiger charge is 2.03. The van der Waals surface area contributed by atoms with Crippen LogP contribution in [0.4, 0.5) is 0 Å². The van der Waals surface area contributed by atoms with Crippen molar-refractivity contribution < 1.29 is 19.2 Å². The van der Waals surface area contributed by atoms with Crippen LogP contribution in [0.25, 0.3) is 0 Å². The summed E-state index contributed by atoms with van der Waals surface area (Å²) in [5.41, 5.74) is 0.420. The first-order chi connectivity index (χ1) is 9.79. The summed E-state index contributed by atoms with van der Waals surface area (Å²) in [6, 6.07) is 15.9. The summed E-state index contributed by atoms with van der Waals surface area (Å²) >= 11 is 0. The highest BCUT2D eigenvalue weighted by molar-refractivity contribution is 6.35. The number of benzene rings is 2. The fourth-order valence-corrected chi connectivity index (χ4v) is 1.49. The van der Waals surface area contributed by atoms with E-state index >= 15 is 0 Å². The number of nitrogens with zero attached hydrogens (tertiary/aromatic N) is 1. The van der Waals surface area contributed by atoms with Gasteiger partial charge >= 0.3 is 6.47 Å². The van der Waals surface area contributed by atoms with Crippen LogP contribution in [-0.4, -0.2) is 18.5 Å². The molecule has 2 rings (SSSR count). The molecule has 0 aromatic heterocycles. The zero-order valence-corrected chi connectivity index (χ0v) is 10.4. The molecule has 0 aliphatic carbocycles. The van der Waals surface area contributed by atoms with E-state index in [1.807, 2.05) is 30.3 Å². The lowest BCUT2D eigenvalue weighted by atomic mass is 10.1. The van der Waals surface area contributed by atoms with E-state index in [1.54, 1.807) is 24.3 Å². The van der Waals surface area contributed by atoms with E-state index in [9.17, 15) is 9.59 Å². The van der Waals surface area contributed by atoms with E-state index in [0.29, 0.717) is 17.1 Å². The minimum atomic E-state index is -0.363. The molecular weight excluding hydrogens is 258 g/mol. The molecule has 2 aromatic rings. The monoisotopic (exact) mass is 269 g/mol. The molecule has 0 aliphatic rings. The number of Topliss-reactive ketones (excluding diaryl/α,β-unsaturated/α-hetero) is 1. The van der Waals surface area contributed by atoms with Crippen molar-refractivity contribution in [1.29, 1.82) is 0 Å². The number of rotatable bonds is 6. The second-order valence-electron chi connectivity index (χ2n) is 3.74. The first-order valence-corrected chi connectivity index (χ1v) is 5.80. The number of carbonyl (C=O) groups is 2. The van der Waals surface area contributed by atoms with E-state index in [2.05, 4.69) is 9.99 Å². The van der Waals surface area contributed by atoms with Crippen LogP contribution in [-0.2, 0) is 9.63 Å². The van der Waals surface area contributed by atoms with E-state index in [1.165, 1.54) is 0 Å². The van der Waals surface area contributed by atoms with Crippen molar-refractivity contribution in [3.63, 3.8) is 0 Å². The van der Waals surface area contributed by atoms with Gasteiger partial charge in [-0.2, -0.15) is 0 Å². The van der Waals surface area contributed by atoms with Crippen LogP contribution < -0.4 is 4.74 Å². The molecule has 0 bridgehead atoms. The number of oxime groups is 1. The Labute approximate surface area is 115 Å². The Morgan fingerprint density at radius 2 is 1.60 bits per heavy atom. The lowest BCUT2D eigenvalue weighted by Gasteiger charge is -2.05. The molecule has 0 fully saturated rings. The van der Waals surface area contributed by atoms with Crippen molar-refractivity contribution in [1.82, 2.24) is 0 Å². The van der Waals surface area contributed by atoms with Gasteiger partial charge in [0.05, 0.1) is 0 Å². The van der Waals surface area contributed by atoms with Crippen molar-refractivity contribution in [3.8, 4) is 11.5 Å². The first-order valence-electron chi connectivity index (χ1n) is 5.80. The number of para-hydroxylation sites is 1. The molecule has 0 atom stereocenters. The van der Waals surface area contributed by atoms with Crippen LogP contribution in [0.5, 0.6) is 11.5 Å². The molecule has 0 saturated carbocycles. The Kier molecular flexibility index (Phi) is 4.61. The standard InChI is InChI=1S/C15H11NO4/c17-11-19-16-10-15(18)12-6-8-14(9-7-12)20-13-4-2-1-3-5-13/h1-11H/b16-10+. The maximum atomic E-state index is 11.6. The Balaban J connectivity index is 2.03. The van der Waals surface area contributed by atoms with Crippen LogP contribution in [0.3, 0.4) is 0 Å². The van der Waals surface area contributed by atoms with Crippen molar-refractivity contribution in [2.24, 2.45) is 5.16 Å². The molecule has 5 nitrogen and oxygen atoms in total. The van der Waals surface area contributed by atoms with Crippen LogP contribution in [0.2, 0.25) is 0 Å². The number of hydrogen-bond donors (Lipinski definition) is 0. The van der Waals surface area contributed by atoms with Crippen molar-refractivity contribution in [3.05, 3.63) is 60.2 Å². The molecular formula is C15H11NO4. The first kappa shape index (κ1) is 13.5. The second kappa shape index (κ2) is 6.84. The van der Waals surface area contributed by atoms with Gasteiger partial charge in [0.25, 0.3) is 0 Å². The summed E-state index contributed by atoms with van der Waals surface area (Å²) < 4.78 is 5.60. The molecule has 2 aromatic carbocycles. The molecule has 0 spiro atoms. The minimum Gasteiger partial charge on any atom is -0.457 e. The van der Waals surface area contributed by atoms with Gasteiger partial charge in [0.1, 0.15) is 17.7 Å². The summed E-state index contributed by atoms with van der Waals surface area (Å²) in [7, 11) is 0. The van der Waals surface area contributed by atoms with Crippen LogP contribution >= 0.6 is 0 Å². The molecule has 0 heterocycles. The molecule has 0 saturated heterocycles. The number of ketones is 1. The smallest absolute Gasteiger partial charge is 0.323 e. The molecule has 100 valence electrons.